The number of anilines is 1. The molecule has 10 nitrogen and oxygen atoms in total. The molecular formula is C28H29FN4O6. The van der Waals surface area contributed by atoms with Crippen molar-refractivity contribution >= 4 is 35.2 Å². The molecule has 2 aromatic carbocycles. The summed E-state index contributed by atoms with van der Waals surface area (Å²) in [5.41, 5.74) is 0.263. The van der Waals surface area contributed by atoms with Crippen LogP contribution in [0.4, 0.5) is 10.1 Å². The Bertz CT molecular complexity index is 1350. The smallest absolute Gasteiger partial charge is 0.262 e. The maximum Gasteiger partial charge on any atom is 0.262 e. The molecule has 1 atom stereocenters. The van der Waals surface area contributed by atoms with Crippen LogP contribution in [0.15, 0.2) is 42.5 Å². The summed E-state index contributed by atoms with van der Waals surface area (Å²) in [6.07, 6.45) is 0.619. The van der Waals surface area contributed by atoms with Crippen LogP contribution in [0.25, 0.3) is 0 Å². The maximum atomic E-state index is 15.5. The summed E-state index contributed by atoms with van der Waals surface area (Å²) in [6.45, 7) is 0.627. The van der Waals surface area contributed by atoms with Crippen LogP contribution in [0.3, 0.4) is 0 Å². The number of piperidine rings is 2. The molecule has 3 aliphatic rings. The number of nitrogens with zero attached hydrogens (tertiary/aromatic N) is 2. The van der Waals surface area contributed by atoms with Crippen molar-refractivity contribution in [2.45, 2.75) is 43.8 Å². The summed E-state index contributed by atoms with van der Waals surface area (Å²) in [4.78, 5) is 65.0. The van der Waals surface area contributed by atoms with Gasteiger partial charge in [0, 0.05) is 38.0 Å². The number of hydrogen-bond donors (Lipinski definition) is 2. The van der Waals surface area contributed by atoms with Gasteiger partial charge in [0.15, 0.2) is 0 Å². The van der Waals surface area contributed by atoms with E-state index < -0.39 is 35.3 Å². The van der Waals surface area contributed by atoms with Crippen molar-refractivity contribution in [3.05, 3.63) is 59.2 Å². The number of carbonyl (C=O) groups is 5. The molecule has 0 spiro atoms. The quantitative estimate of drug-likeness (QED) is 0.517. The monoisotopic (exact) mass is 536 g/mol. The second kappa shape index (κ2) is 10.5. The Labute approximate surface area is 224 Å². The van der Waals surface area contributed by atoms with Gasteiger partial charge in [-0.1, -0.05) is 12.1 Å². The van der Waals surface area contributed by atoms with Crippen LogP contribution < -0.4 is 20.3 Å². The minimum absolute atomic E-state index is 0.0509. The molecule has 2 N–H and O–H groups in total. The van der Waals surface area contributed by atoms with Gasteiger partial charge in [0.05, 0.1) is 31.2 Å². The Hall–Kier alpha value is -4.28. The summed E-state index contributed by atoms with van der Waals surface area (Å²) >= 11 is 0. The molecule has 3 aliphatic heterocycles. The third-order valence-electron chi connectivity index (χ3n) is 7.55. The van der Waals surface area contributed by atoms with Crippen LogP contribution in [0.2, 0.25) is 0 Å². The third-order valence-corrected chi connectivity index (χ3v) is 7.55. The fourth-order valence-electron chi connectivity index (χ4n) is 5.29. The van der Waals surface area contributed by atoms with Gasteiger partial charge in [0.25, 0.3) is 11.8 Å². The van der Waals surface area contributed by atoms with Gasteiger partial charge >= 0.3 is 0 Å². The molecule has 11 heteroatoms. The van der Waals surface area contributed by atoms with Gasteiger partial charge in [-0.2, -0.15) is 0 Å². The van der Waals surface area contributed by atoms with E-state index in [1.807, 2.05) is 11.0 Å². The van der Waals surface area contributed by atoms with Gasteiger partial charge < -0.3 is 15.0 Å². The lowest BCUT2D eigenvalue weighted by molar-refractivity contribution is -0.136. The largest absolute Gasteiger partial charge is 0.497 e. The average Bonchev–Trinajstić information content (AvgIpc) is 3.17. The zero-order chi connectivity index (χ0) is 27.7. The number of ether oxygens (including phenoxy) is 1. The minimum Gasteiger partial charge on any atom is -0.497 e. The van der Waals surface area contributed by atoms with Crippen molar-refractivity contribution < 1.29 is 33.1 Å². The number of rotatable bonds is 7. The number of methoxy groups -OCH3 is 1. The lowest BCUT2D eigenvalue weighted by atomic mass is 9.92. The van der Waals surface area contributed by atoms with Crippen molar-refractivity contribution in [1.29, 1.82) is 0 Å². The van der Waals surface area contributed by atoms with Gasteiger partial charge in [0.2, 0.25) is 17.7 Å². The molecule has 0 bridgehead atoms. The van der Waals surface area contributed by atoms with Gasteiger partial charge in [0.1, 0.15) is 17.5 Å². The van der Waals surface area contributed by atoms with Crippen LogP contribution in [0.5, 0.6) is 5.75 Å². The molecule has 0 radical (unpaired) electrons. The van der Waals surface area contributed by atoms with E-state index in [9.17, 15) is 24.0 Å². The number of halogens is 1. The van der Waals surface area contributed by atoms with Crippen LogP contribution in [-0.2, 0) is 20.8 Å². The van der Waals surface area contributed by atoms with Gasteiger partial charge in [-0.25, -0.2) is 4.39 Å². The Morgan fingerprint density at radius 1 is 1.08 bits per heavy atom. The molecule has 0 aromatic heterocycles. The number of alkyl halides is 1. The van der Waals surface area contributed by atoms with Crippen LogP contribution in [-0.4, -0.2) is 72.9 Å². The summed E-state index contributed by atoms with van der Waals surface area (Å²) in [5.74, 6) is -1.86. The molecule has 39 heavy (non-hydrogen) atoms. The lowest BCUT2D eigenvalue weighted by Crippen LogP contribution is -2.54. The Kier molecular flexibility index (Phi) is 7.07. The SMILES string of the molecule is COc1cccc(CC(=O)NCC2(F)CCN(c3ccc4c(c3)C(=O)N(C3CCC(=O)NC3=O)C4=O)CC2)c1. The highest BCUT2D eigenvalue weighted by Gasteiger charge is 2.45. The maximum absolute atomic E-state index is 15.5. The number of nitrogens with one attached hydrogen (secondary N) is 2. The molecule has 1 unspecified atom stereocenters. The first-order valence-corrected chi connectivity index (χ1v) is 12.9. The molecule has 5 rings (SSSR count). The number of amides is 5. The number of benzene rings is 2. The number of imide groups is 2. The molecule has 3 heterocycles. The van der Waals surface area contributed by atoms with Crippen LogP contribution in [0.1, 0.15) is 52.0 Å². The zero-order valence-corrected chi connectivity index (χ0v) is 21.5. The van der Waals surface area contributed by atoms with E-state index >= 15 is 4.39 Å². The number of fused-ring (bicyclic) bond motifs is 1. The highest BCUT2D eigenvalue weighted by atomic mass is 19.1. The summed E-state index contributed by atoms with van der Waals surface area (Å²) in [7, 11) is 1.55. The fourth-order valence-corrected chi connectivity index (χ4v) is 5.29. The van der Waals surface area contributed by atoms with E-state index in [2.05, 4.69) is 10.6 Å². The van der Waals surface area contributed by atoms with E-state index in [1.54, 1.807) is 43.5 Å². The van der Waals surface area contributed by atoms with Gasteiger partial charge in [-0.05, 0) is 42.3 Å². The predicted molar refractivity (Wildman–Crippen MR) is 138 cm³/mol. The standard InChI is InChI=1S/C28H29FN4O6/c1-39-19-4-2-3-17(13-19)14-24(35)30-16-28(29)9-11-32(12-10-28)18-5-6-20-21(15-18)27(38)33(26(20)37)22-7-8-23(34)31-25(22)36/h2-6,13,15,22H,7-12,14,16H2,1H3,(H,30,35)(H,31,34,36). The second-order valence-electron chi connectivity index (χ2n) is 10.1. The Morgan fingerprint density at radius 3 is 2.54 bits per heavy atom. The Balaban J connectivity index is 1.18. The first-order valence-electron chi connectivity index (χ1n) is 12.9. The number of hydrogen-bond acceptors (Lipinski definition) is 7. The summed E-state index contributed by atoms with van der Waals surface area (Å²) in [5, 5.41) is 4.89. The Morgan fingerprint density at radius 2 is 1.82 bits per heavy atom. The predicted octanol–water partition coefficient (Wildman–Crippen LogP) is 1.76. The van der Waals surface area contributed by atoms with Crippen molar-refractivity contribution in [3.63, 3.8) is 0 Å². The molecule has 0 aliphatic carbocycles. The van der Waals surface area contributed by atoms with E-state index in [0.717, 1.165) is 10.5 Å². The molecule has 2 aromatic rings. The first kappa shape index (κ1) is 26.3. The van der Waals surface area contributed by atoms with E-state index in [4.69, 9.17) is 4.74 Å². The van der Waals surface area contributed by atoms with E-state index in [0.29, 0.717) is 24.5 Å². The molecule has 0 saturated carbocycles. The van der Waals surface area contributed by atoms with Crippen LogP contribution >= 0.6 is 0 Å². The highest BCUT2D eigenvalue weighted by molar-refractivity contribution is 6.23. The normalized spacial score (nSPS) is 20.5. The third kappa shape index (κ3) is 5.34. The minimum atomic E-state index is -1.56. The van der Waals surface area contributed by atoms with Crippen molar-refractivity contribution in [3.8, 4) is 5.75 Å². The van der Waals surface area contributed by atoms with Crippen molar-refractivity contribution in [2.24, 2.45) is 0 Å². The van der Waals surface area contributed by atoms with Crippen LogP contribution in [0, 0.1) is 0 Å². The molecule has 5 amide bonds. The topological polar surface area (TPSA) is 125 Å². The summed E-state index contributed by atoms with van der Waals surface area (Å²) < 4.78 is 20.7. The number of carbonyl (C=O) groups excluding carboxylic acids is 5. The van der Waals surface area contributed by atoms with Crippen molar-refractivity contribution in [2.75, 3.05) is 31.6 Å². The summed E-state index contributed by atoms with van der Waals surface area (Å²) in [6, 6.07) is 11.0. The lowest BCUT2D eigenvalue weighted by Gasteiger charge is -2.37. The zero-order valence-electron chi connectivity index (χ0n) is 21.5. The highest BCUT2D eigenvalue weighted by Crippen LogP contribution is 2.33. The molecule has 204 valence electrons. The van der Waals surface area contributed by atoms with Crippen molar-refractivity contribution in [1.82, 2.24) is 15.5 Å². The van der Waals surface area contributed by atoms with Gasteiger partial charge in [-0.3, -0.25) is 34.2 Å². The van der Waals surface area contributed by atoms with Gasteiger partial charge in [-0.15, -0.1) is 0 Å². The second-order valence-corrected chi connectivity index (χ2v) is 10.1. The van der Waals surface area contributed by atoms with E-state index in [1.165, 1.54) is 0 Å². The fraction of sp³-hybridized carbons (Fsp3) is 0.393. The van der Waals surface area contributed by atoms with E-state index in [-0.39, 0.29) is 55.7 Å². The molecule has 2 fully saturated rings. The molecule has 2 saturated heterocycles. The molecular weight excluding hydrogens is 507 g/mol. The average molecular weight is 537 g/mol. The first-order chi connectivity index (χ1) is 18.7.